The second-order valence-corrected chi connectivity index (χ2v) is 7.67. The SMILES string of the molecule is CC(C)OCCCNC(=O)C(=O)N/N=C\c1ccc(OCc2ccc(Cl)cc2Cl)cc1. The predicted octanol–water partition coefficient (Wildman–Crippen LogP) is 3.95. The van der Waals surface area contributed by atoms with E-state index in [0.29, 0.717) is 42.0 Å². The molecule has 2 N–H and O–H groups in total. The zero-order chi connectivity index (χ0) is 22.6. The van der Waals surface area contributed by atoms with E-state index >= 15 is 0 Å². The smallest absolute Gasteiger partial charge is 0.329 e. The van der Waals surface area contributed by atoms with E-state index < -0.39 is 11.8 Å². The van der Waals surface area contributed by atoms with E-state index in [2.05, 4.69) is 15.8 Å². The molecular formula is C22H25Cl2N3O4. The summed E-state index contributed by atoms with van der Waals surface area (Å²) < 4.78 is 11.1. The lowest BCUT2D eigenvalue weighted by Gasteiger charge is -2.08. The van der Waals surface area contributed by atoms with Crippen LogP contribution in [-0.2, 0) is 20.9 Å². The summed E-state index contributed by atoms with van der Waals surface area (Å²) in [4.78, 5) is 23.4. The molecule has 0 unspecified atom stereocenters. The van der Waals surface area contributed by atoms with Crippen molar-refractivity contribution < 1.29 is 19.1 Å². The van der Waals surface area contributed by atoms with Crippen molar-refractivity contribution in [3.05, 3.63) is 63.6 Å². The highest BCUT2D eigenvalue weighted by atomic mass is 35.5. The fourth-order valence-corrected chi connectivity index (χ4v) is 2.80. The highest BCUT2D eigenvalue weighted by molar-refractivity contribution is 6.35. The van der Waals surface area contributed by atoms with E-state index in [9.17, 15) is 9.59 Å². The minimum Gasteiger partial charge on any atom is -0.489 e. The Kier molecular flexibility index (Phi) is 10.3. The van der Waals surface area contributed by atoms with Crippen LogP contribution in [0.2, 0.25) is 10.0 Å². The standard InChI is InChI=1S/C22H25Cl2N3O4/c1-15(2)30-11-3-10-25-21(28)22(29)27-26-13-16-4-8-19(9-5-16)31-14-17-6-7-18(23)12-20(17)24/h4-9,12-13,15H,3,10-11,14H2,1-2H3,(H,25,28)(H,27,29)/b26-13-. The number of amides is 2. The molecule has 166 valence electrons. The first-order valence-corrected chi connectivity index (χ1v) is 10.5. The van der Waals surface area contributed by atoms with Crippen LogP contribution in [-0.4, -0.2) is 37.3 Å². The van der Waals surface area contributed by atoms with Crippen molar-refractivity contribution in [3.8, 4) is 5.75 Å². The van der Waals surface area contributed by atoms with E-state index in [1.807, 2.05) is 19.9 Å². The summed E-state index contributed by atoms with van der Waals surface area (Å²) in [5.41, 5.74) is 3.74. The van der Waals surface area contributed by atoms with E-state index in [4.69, 9.17) is 32.7 Å². The van der Waals surface area contributed by atoms with Crippen LogP contribution in [0, 0.1) is 0 Å². The molecule has 2 aromatic rings. The molecule has 2 aromatic carbocycles. The fourth-order valence-electron chi connectivity index (χ4n) is 2.34. The summed E-state index contributed by atoms with van der Waals surface area (Å²) in [7, 11) is 0. The summed E-state index contributed by atoms with van der Waals surface area (Å²) in [6, 6.07) is 12.3. The van der Waals surface area contributed by atoms with Crippen molar-refractivity contribution in [1.82, 2.24) is 10.7 Å². The third-order valence-corrected chi connectivity index (χ3v) is 4.52. The van der Waals surface area contributed by atoms with Crippen molar-refractivity contribution in [1.29, 1.82) is 0 Å². The number of hydrogen-bond acceptors (Lipinski definition) is 5. The third-order valence-electron chi connectivity index (χ3n) is 3.93. The van der Waals surface area contributed by atoms with Crippen molar-refractivity contribution in [3.63, 3.8) is 0 Å². The maximum absolute atomic E-state index is 11.7. The van der Waals surface area contributed by atoms with Crippen LogP contribution in [0.25, 0.3) is 0 Å². The Balaban J connectivity index is 1.72. The highest BCUT2D eigenvalue weighted by Crippen LogP contribution is 2.22. The molecule has 2 rings (SSSR count). The molecule has 0 aliphatic carbocycles. The predicted molar refractivity (Wildman–Crippen MR) is 122 cm³/mol. The van der Waals surface area contributed by atoms with Gasteiger partial charge in [0.1, 0.15) is 12.4 Å². The van der Waals surface area contributed by atoms with Crippen LogP contribution in [0.15, 0.2) is 47.6 Å². The molecule has 0 saturated carbocycles. The van der Waals surface area contributed by atoms with E-state index in [1.54, 1.807) is 36.4 Å². The summed E-state index contributed by atoms with van der Waals surface area (Å²) in [5.74, 6) is -0.930. The Morgan fingerprint density at radius 2 is 1.84 bits per heavy atom. The summed E-state index contributed by atoms with van der Waals surface area (Å²) in [6.07, 6.45) is 2.19. The molecular weight excluding hydrogens is 441 g/mol. The number of nitrogens with zero attached hydrogens (tertiary/aromatic N) is 1. The van der Waals surface area contributed by atoms with Gasteiger partial charge in [-0.3, -0.25) is 9.59 Å². The molecule has 31 heavy (non-hydrogen) atoms. The van der Waals surface area contributed by atoms with Gasteiger partial charge in [0.15, 0.2) is 0 Å². The fraction of sp³-hybridized carbons (Fsp3) is 0.318. The van der Waals surface area contributed by atoms with Gasteiger partial charge >= 0.3 is 11.8 Å². The number of hydrogen-bond donors (Lipinski definition) is 2. The number of hydrazone groups is 1. The molecule has 0 fully saturated rings. The topological polar surface area (TPSA) is 89.0 Å². The van der Waals surface area contributed by atoms with Crippen molar-refractivity contribution in [2.75, 3.05) is 13.2 Å². The van der Waals surface area contributed by atoms with Gasteiger partial charge < -0.3 is 14.8 Å². The van der Waals surface area contributed by atoms with Gasteiger partial charge in [-0.15, -0.1) is 0 Å². The van der Waals surface area contributed by atoms with E-state index in [0.717, 1.165) is 11.1 Å². The minimum atomic E-state index is -0.833. The summed E-state index contributed by atoms with van der Waals surface area (Å²) >= 11 is 12.0. The van der Waals surface area contributed by atoms with Crippen LogP contribution in [0.5, 0.6) is 5.75 Å². The normalized spacial score (nSPS) is 11.0. The molecule has 0 atom stereocenters. The molecule has 0 aliphatic heterocycles. The quantitative estimate of drug-likeness (QED) is 0.240. The monoisotopic (exact) mass is 465 g/mol. The Morgan fingerprint density at radius 1 is 1.10 bits per heavy atom. The number of carbonyl (C=O) groups is 2. The van der Waals surface area contributed by atoms with Gasteiger partial charge in [0.2, 0.25) is 0 Å². The number of carbonyl (C=O) groups excluding carboxylic acids is 2. The Bertz CT molecular complexity index is 902. The first kappa shape index (κ1) is 24.7. The molecule has 0 heterocycles. The number of benzene rings is 2. The zero-order valence-electron chi connectivity index (χ0n) is 17.4. The van der Waals surface area contributed by atoms with Gasteiger partial charge in [0.05, 0.1) is 12.3 Å². The average molecular weight is 466 g/mol. The molecule has 7 nitrogen and oxygen atoms in total. The van der Waals surface area contributed by atoms with Crippen LogP contribution in [0.3, 0.4) is 0 Å². The maximum Gasteiger partial charge on any atom is 0.329 e. The third kappa shape index (κ3) is 9.38. The maximum atomic E-state index is 11.7. The van der Waals surface area contributed by atoms with E-state index in [1.165, 1.54) is 6.21 Å². The lowest BCUT2D eigenvalue weighted by molar-refractivity contribution is -0.139. The summed E-state index contributed by atoms with van der Waals surface area (Å²) in [6.45, 7) is 5.04. The van der Waals surface area contributed by atoms with Gasteiger partial charge in [-0.1, -0.05) is 29.3 Å². The van der Waals surface area contributed by atoms with Crippen molar-refractivity contribution in [2.45, 2.75) is 33.0 Å². The van der Waals surface area contributed by atoms with Crippen LogP contribution < -0.4 is 15.5 Å². The van der Waals surface area contributed by atoms with Crippen molar-refractivity contribution in [2.24, 2.45) is 5.10 Å². The van der Waals surface area contributed by atoms with Gasteiger partial charge in [0, 0.05) is 28.8 Å². The molecule has 0 aromatic heterocycles. The van der Waals surface area contributed by atoms with Crippen LogP contribution in [0.1, 0.15) is 31.4 Å². The lowest BCUT2D eigenvalue weighted by Crippen LogP contribution is -2.38. The van der Waals surface area contributed by atoms with E-state index in [-0.39, 0.29) is 6.10 Å². The first-order chi connectivity index (χ1) is 14.8. The number of rotatable bonds is 10. The molecule has 2 amide bonds. The largest absolute Gasteiger partial charge is 0.489 e. The van der Waals surface area contributed by atoms with Gasteiger partial charge in [-0.25, -0.2) is 5.43 Å². The number of nitrogens with one attached hydrogen (secondary N) is 2. The molecule has 0 saturated heterocycles. The lowest BCUT2D eigenvalue weighted by atomic mass is 10.2. The molecule has 0 radical (unpaired) electrons. The van der Waals surface area contributed by atoms with Gasteiger partial charge in [-0.2, -0.15) is 5.10 Å². The number of halogens is 2. The molecule has 0 bridgehead atoms. The highest BCUT2D eigenvalue weighted by Gasteiger charge is 2.11. The Morgan fingerprint density at radius 3 is 2.52 bits per heavy atom. The Hall–Kier alpha value is -2.61. The van der Waals surface area contributed by atoms with Crippen LogP contribution >= 0.6 is 23.2 Å². The minimum absolute atomic E-state index is 0.135. The molecule has 9 heteroatoms. The van der Waals surface area contributed by atoms with Gasteiger partial charge in [-0.05, 0) is 62.2 Å². The second-order valence-electron chi connectivity index (χ2n) is 6.82. The number of ether oxygens (including phenoxy) is 2. The van der Waals surface area contributed by atoms with Crippen molar-refractivity contribution >= 4 is 41.2 Å². The van der Waals surface area contributed by atoms with Gasteiger partial charge in [0.25, 0.3) is 0 Å². The second kappa shape index (κ2) is 12.9. The average Bonchev–Trinajstić information content (AvgIpc) is 2.73. The van der Waals surface area contributed by atoms with Crippen LogP contribution in [0.4, 0.5) is 0 Å². The Labute approximate surface area is 191 Å². The zero-order valence-corrected chi connectivity index (χ0v) is 18.9. The first-order valence-electron chi connectivity index (χ1n) is 9.75. The molecule has 0 aliphatic rings. The molecule has 0 spiro atoms. The summed E-state index contributed by atoms with van der Waals surface area (Å²) in [5, 5.41) is 7.41.